The van der Waals surface area contributed by atoms with Gasteiger partial charge < -0.3 is 5.73 Å². The van der Waals surface area contributed by atoms with E-state index in [0.29, 0.717) is 18.0 Å². The number of thiazole rings is 1. The van der Waals surface area contributed by atoms with Gasteiger partial charge in [-0.15, -0.1) is 11.3 Å². The lowest BCUT2D eigenvalue weighted by Crippen LogP contribution is -2.31. The van der Waals surface area contributed by atoms with Crippen LogP contribution in [0.15, 0.2) is 10.9 Å². The minimum Gasteiger partial charge on any atom is -0.330 e. The van der Waals surface area contributed by atoms with Crippen molar-refractivity contribution in [1.29, 1.82) is 0 Å². The highest BCUT2D eigenvalue weighted by Gasteiger charge is 2.32. The largest absolute Gasteiger partial charge is 0.330 e. The smallest absolute Gasteiger partial charge is 0.0795 e. The standard InChI is InChI=1S/C11H19N3S/c1-8-3-10(4-12)5-14(8)9(2)11-6-15-7-13-11/h6-10H,3-5,12H2,1-2H3. The molecule has 3 nitrogen and oxygen atoms in total. The number of nitrogens with zero attached hydrogens (tertiary/aromatic N) is 2. The van der Waals surface area contributed by atoms with Crippen LogP contribution < -0.4 is 5.73 Å². The second kappa shape index (κ2) is 4.60. The summed E-state index contributed by atoms with van der Waals surface area (Å²) < 4.78 is 0. The van der Waals surface area contributed by atoms with E-state index in [-0.39, 0.29) is 0 Å². The number of likely N-dealkylation sites (tertiary alicyclic amines) is 1. The molecule has 4 heteroatoms. The third kappa shape index (κ3) is 2.22. The van der Waals surface area contributed by atoms with Gasteiger partial charge in [0.25, 0.3) is 0 Å². The molecule has 1 aromatic rings. The van der Waals surface area contributed by atoms with Crippen LogP contribution in [0.2, 0.25) is 0 Å². The first-order valence-corrected chi connectivity index (χ1v) is 6.50. The van der Waals surface area contributed by atoms with Crippen molar-refractivity contribution >= 4 is 11.3 Å². The average molecular weight is 225 g/mol. The Morgan fingerprint density at radius 2 is 2.53 bits per heavy atom. The Kier molecular flexibility index (Phi) is 3.38. The van der Waals surface area contributed by atoms with Gasteiger partial charge in [0.05, 0.1) is 17.2 Å². The molecule has 0 aliphatic carbocycles. The molecule has 1 fully saturated rings. The van der Waals surface area contributed by atoms with Crippen molar-refractivity contribution in [1.82, 2.24) is 9.88 Å². The Bertz CT molecular complexity index is 299. The minimum absolute atomic E-state index is 0.433. The van der Waals surface area contributed by atoms with Gasteiger partial charge in [-0.3, -0.25) is 4.90 Å². The van der Waals surface area contributed by atoms with Crippen LogP contribution in [0.3, 0.4) is 0 Å². The second-order valence-electron chi connectivity index (χ2n) is 4.47. The summed E-state index contributed by atoms with van der Waals surface area (Å²) in [4.78, 5) is 6.91. The molecule has 0 amide bonds. The fraction of sp³-hybridized carbons (Fsp3) is 0.727. The molecule has 3 atom stereocenters. The zero-order valence-corrected chi connectivity index (χ0v) is 10.2. The summed E-state index contributed by atoms with van der Waals surface area (Å²) in [6.07, 6.45) is 1.23. The zero-order valence-electron chi connectivity index (χ0n) is 9.39. The molecule has 2 N–H and O–H groups in total. The van der Waals surface area contributed by atoms with Gasteiger partial charge >= 0.3 is 0 Å². The van der Waals surface area contributed by atoms with Crippen LogP contribution in [0.1, 0.15) is 32.0 Å². The molecule has 2 heterocycles. The van der Waals surface area contributed by atoms with Gasteiger partial charge in [0, 0.05) is 18.0 Å². The van der Waals surface area contributed by atoms with E-state index in [1.807, 2.05) is 5.51 Å². The first-order valence-electron chi connectivity index (χ1n) is 5.56. The summed E-state index contributed by atoms with van der Waals surface area (Å²) in [5.74, 6) is 0.668. The van der Waals surface area contributed by atoms with Crippen molar-refractivity contribution in [3.63, 3.8) is 0 Å². The summed E-state index contributed by atoms with van der Waals surface area (Å²) >= 11 is 1.67. The first kappa shape index (κ1) is 11.0. The molecular weight excluding hydrogens is 206 g/mol. The number of hydrogen-bond acceptors (Lipinski definition) is 4. The fourth-order valence-corrected chi connectivity index (χ4v) is 3.12. The molecule has 84 valence electrons. The van der Waals surface area contributed by atoms with Gasteiger partial charge in [0.2, 0.25) is 0 Å². The van der Waals surface area contributed by atoms with E-state index < -0.39 is 0 Å². The van der Waals surface area contributed by atoms with Crippen LogP contribution in [-0.2, 0) is 0 Å². The number of nitrogens with two attached hydrogens (primary N) is 1. The average Bonchev–Trinajstić information content (AvgIpc) is 2.85. The SMILES string of the molecule is CC1CC(CN)CN1C(C)c1cscn1. The number of aromatic nitrogens is 1. The Hall–Kier alpha value is -0.450. The van der Waals surface area contributed by atoms with Gasteiger partial charge in [0.15, 0.2) is 0 Å². The second-order valence-corrected chi connectivity index (χ2v) is 5.19. The summed E-state index contributed by atoms with van der Waals surface area (Å²) in [5, 5.41) is 2.15. The molecule has 2 rings (SSSR count). The van der Waals surface area contributed by atoms with E-state index in [0.717, 1.165) is 13.1 Å². The summed E-state index contributed by atoms with van der Waals surface area (Å²) in [6.45, 7) is 6.46. The van der Waals surface area contributed by atoms with Crippen molar-refractivity contribution in [2.75, 3.05) is 13.1 Å². The highest BCUT2D eigenvalue weighted by atomic mass is 32.1. The maximum atomic E-state index is 5.74. The van der Waals surface area contributed by atoms with Crippen LogP contribution in [-0.4, -0.2) is 29.0 Å². The molecule has 0 saturated carbocycles. The Labute approximate surface area is 95.3 Å². The third-order valence-corrected chi connectivity index (χ3v) is 4.02. The van der Waals surface area contributed by atoms with Crippen LogP contribution in [0, 0.1) is 5.92 Å². The van der Waals surface area contributed by atoms with E-state index in [2.05, 4.69) is 29.1 Å². The van der Waals surface area contributed by atoms with E-state index in [1.165, 1.54) is 12.1 Å². The number of rotatable bonds is 3. The van der Waals surface area contributed by atoms with Crippen molar-refractivity contribution in [2.24, 2.45) is 11.7 Å². The van der Waals surface area contributed by atoms with Crippen molar-refractivity contribution < 1.29 is 0 Å². The molecule has 0 aromatic carbocycles. The van der Waals surface area contributed by atoms with Gasteiger partial charge in [0.1, 0.15) is 0 Å². The molecule has 1 saturated heterocycles. The molecular formula is C11H19N3S. The van der Waals surface area contributed by atoms with Crippen LogP contribution in [0.5, 0.6) is 0 Å². The quantitative estimate of drug-likeness (QED) is 0.854. The Balaban J connectivity index is 2.05. The predicted octanol–water partition coefficient (Wildman–Crippen LogP) is 1.87. The lowest BCUT2D eigenvalue weighted by Gasteiger charge is -2.27. The topological polar surface area (TPSA) is 42.1 Å². The first-order chi connectivity index (χ1) is 7.22. The third-order valence-electron chi connectivity index (χ3n) is 3.42. The molecule has 1 aliphatic heterocycles. The lowest BCUT2D eigenvalue weighted by atomic mass is 10.1. The maximum Gasteiger partial charge on any atom is 0.0795 e. The lowest BCUT2D eigenvalue weighted by molar-refractivity contribution is 0.198. The highest BCUT2D eigenvalue weighted by molar-refractivity contribution is 7.07. The molecule has 15 heavy (non-hydrogen) atoms. The summed E-state index contributed by atoms with van der Waals surface area (Å²) in [7, 11) is 0. The van der Waals surface area contributed by atoms with Gasteiger partial charge in [-0.05, 0) is 32.7 Å². The molecule has 3 unspecified atom stereocenters. The van der Waals surface area contributed by atoms with Crippen molar-refractivity contribution in [3.05, 3.63) is 16.6 Å². The molecule has 1 aliphatic rings. The van der Waals surface area contributed by atoms with Gasteiger partial charge in [-0.25, -0.2) is 4.98 Å². The number of hydrogen-bond donors (Lipinski definition) is 1. The van der Waals surface area contributed by atoms with E-state index in [1.54, 1.807) is 11.3 Å². The minimum atomic E-state index is 0.433. The Morgan fingerprint density at radius 3 is 3.07 bits per heavy atom. The Morgan fingerprint density at radius 1 is 1.73 bits per heavy atom. The normalized spacial score (nSPS) is 29.5. The molecule has 0 spiro atoms. The van der Waals surface area contributed by atoms with E-state index in [9.17, 15) is 0 Å². The van der Waals surface area contributed by atoms with Crippen molar-refractivity contribution in [2.45, 2.75) is 32.4 Å². The monoisotopic (exact) mass is 225 g/mol. The zero-order chi connectivity index (χ0) is 10.8. The van der Waals surface area contributed by atoms with Crippen LogP contribution in [0.4, 0.5) is 0 Å². The highest BCUT2D eigenvalue weighted by Crippen LogP contribution is 2.31. The maximum absolute atomic E-state index is 5.74. The van der Waals surface area contributed by atoms with Crippen LogP contribution in [0.25, 0.3) is 0 Å². The van der Waals surface area contributed by atoms with E-state index in [4.69, 9.17) is 5.73 Å². The fourth-order valence-electron chi connectivity index (χ4n) is 2.48. The molecule has 0 radical (unpaired) electrons. The summed E-state index contributed by atoms with van der Waals surface area (Å²) in [6, 6.07) is 1.07. The van der Waals surface area contributed by atoms with Gasteiger partial charge in [-0.1, -0.05) is 0 Å². The molecule has 1 aromatic heterocycles. The molecule has 0 bridgehead atoms. The predicted molar refractivity (Wildman–Crippen MR) is 63.9 cm³/mol. The van der Waals surface area contributed by atoms with Gasteiger partial charge in [-0.2, -0.15) is 0 Å². The van der Waals surface area contributed by atoms with Crippen molar-refractivity contribution in [3.8, 4) is 0 Å². The van der Waals surface area contributed by atoms with Crippen LogP contribution >= 0.6 is 11.3 Å². The summed E-state index contributed by atoms with van der Waals surface area (Å²) in [5.41, 5.74) is 8.85. The van der Waals surface area contributed by atoms with E-state index >= 15 is 0 Å².